The maximum atomic E-state index is 10.6. The number of nitrogens with zero attached hydrogens (tertiary/aromatic N) is 1. The maximum Gasteiger partial charge on any atom is 0.311 e. The summed E-state index contributed by atoms with van der Waals surface area (Å²) in [5.74, 6) is -0.185. The molecule has 1 aromatic heterocycles. The Morgan fingerprint density at radius 2 is 2.29 bits per heavy atom. The van der Waals surface area contributed by atoms with Gasteiger partial charge in [0.1, 0.15) is 12.2 Å². The van der Waals surface area contributed by atoms with Gasteiger partial charge in [0.25, 0.3) is 0 Å². The Balaban J connectivity index is 2.37. The number of aryl methyl sites for hydroxylation is 1. The van der Waals surface area contributed by atoms with E-state index in [1.54, 1.807) is 25.1 Å². The molecule has 1 aromatic carbocycles. The topological polar surface area (TPSA) is 63.3 Å². The van der Waals surface area contributed by atoms with Crippen LogP contribution in [0, 0.1) is 6.92 Å². The number of hydrogen-bond donors (Lipinski definition) is 1. The minimum atomic E-state index is -0.943. The standard InChI is InChI=1S/C12H10ClNO3/c1-7-10(6-11(15)16)17-12(14-7)8-3-2-4-9(13)5-8/h2-5H,6H2,1H3,(H,15,16). The van der Waals surface area contributed by atoms with Crippen molar-refractivity contribution in [1.29, 1.82) is 0 Å². The van der Waals surface area contributed by atoms with E-state index in [-0.39, 0.29) is 6.42 Å². The molecule has 1 N–H and O–H groups in total. The van der Waals surface area contributed by atoms with Crippen LogP contribution >= 0.6 is 11.6 Å². The van der Waals surface area contributed by atoms with Crippen molar-refractivity contribution in [2.45, 2.75) is 13.3 Å². The van der Waals surface area contributed by atoms with E-state index in [2.05, 4.69) is 4.98 Å². The van der Waals surface area contributed by atoms with Crippen LogP contribution in [0.25, 0.3) is 11.5 Å². The lowest BCUT2D eigenvalue weighted by Gasteiger charge is -1.95. The second kappa shape index (κ2) is 4.59. The summed E-state index contributed by atoms with van der Waals surface area (Å²) in [4.78, 5) is 14.8. The molecule has 2 rings (SSSR count). The van der Waals surface area contributed by atoms with Gasteiger partial charge < -0.3 is 9.52 Å². The molecule has 0 atom stereocenters. The number of aliphatic carboxylic acids is 1. The number of aromatic nitrogens is 1. The molecule has 2 aromatic rings. The third-order valence-electron chi connectivity index (χ3n) is 2.28. The lowest BCUT2D eigenvalue weighted by Crippen LogP contribution is -1.99. The number of rotatable bonds is 3. The van der Waals surface area contributed by atoms with Crippen LogP contribution in [-0.2, 0) is 11.2 Å². The first kappa shape index (κ1) is 11.7. The lowest BCUT2D eigenvalue weighted by molar-refractivity contribution is -0.136. The Bertz CT molecular complexity index is 563. The third kappa shape index (κ3) is 2.65. The molecule has 0 aliphatic carbocycles. The van der Waals surface area contributed by atoms with Crippen molar-refractivity contribution in [2.24, 2.45) is 0 Å². The Morgan fingerprint density at radius 3 is 2.94 bits per heavy atom. The van der Waals surface area contributed by atoms with Crippen LogP contribution < -0.4 is 0 Å². The van der Waals surface area contributed by atoms with Crippen molar-refractivity contribution in [3.05, 3.63) is 40.7 Å². The van der Waals surface area contributed by atoms with Crippen molar-refractivity contribution in [1.82, 2.24) is 4.98 Å². The summed E-state index contributed by atoms with van der Waals surface area (Å²) in [6.45, 7) is 1.72. The molecule has 0 saturated carbocycles. The number of carboxylic acids is 1. The van der Waals surface area contributed by atoms with Crippen LogP contribution in [0.1, 0.15) is 11.5 Å². The zero-order chi connectivity index (χ0) is 12.4. The first-order valence-electron chi connectivity index (χ1n) is 5.00. The molecule has 1 heterocycles. The second-order valence-electron chi connectivity index (χ2n) is 3.61. The number of benzene rings is 1. The molecule has 0 bridgehead atoms. The van der Waals surface area contributed by atoms with Crippen LogP contribution in [0.15, 0.2) is 28.7 Å². The number of oxazole rings is 1. The fraction of sp³-hybridized carbons (Fsp3) is 0.167. The van der Waals surface area contributed by atoms with Crippen molar-refractivity contribution in [3.8, 4) is 11.5 Å². The molecule has 0 unspecified atom stereocenters. The van der Waals surface area contributed by atoms with E-state index in [0.717, 1.165) is 5.56 Å². The Kier molecular flexibility index (Phi) is 3.15. The van der Waals surface area contributed by atoms with Gasteiger partial charge in [0, 0.05) is 10.6 Å². The maximum absolute atomic E-state index is 10.6. The zero-order valence-corrected chi connectivity index (χ0v) is 9.86. The van der Waals surface area contributed by atoms with Gasteiger partial charge in [-0.2, -0.15) is 0 Å². The van der Waals surface area contributed by atoms with Gasteiger partial charge in [0.05, 0.1) is 5.69 Å². The summed E-state index contributed by atoms with van der Waals surface area (Å²) in [5, 5.41) is 9.29. The first-order chi connectivity index (χ1) is 8.06. The molecule has 0 amide bonds. The van der Waals surface area contributed by atoms with Gasteiger partial charge in [-0.05, 0) is 25.1 Å². The normalized spacial score (nSPS) is 10.5. The zero-order valence-electron chi connectivity index (χ0n) is 9.11. The molecule has 0 fully saturated rings. The van der Waals surface area contributed by atoms with Gasteiger partial charge in [-0.25, -0.2) is 4.98 Å². The monoisotopic (exact) mass is 251 g/mol. The van der Waals surface area contributed by atoms with Gasteiger partial charge in [0.15, 0.2) is 0 Å². The Hall–Kier alpha value is -1.81. The second-order valence-corrected chi connectivity index (χ2v) is 4.04. The average molecular weight is 252 g/mol. The van der Waals surface area contributed by atoms with Gasteiger partial charge >= 0.3 is 5.97 Å². The van der Waals surface area contributed by atoms with E-state index >= 15 is 0 Å². The quantitative estimate of drug-likeness (QED) is 0.911. The van der Waals surface area contributed by atoms with Crippen LogP contribution in [0.5, 0.6) is 0 Å². The first-order valence-corrected chi connectivity index (χ1v) is 5.38. The van der Waals surface area contributed by atoms with E-state index in [1.807, 2.05) is 6.07 Å². The van der Waals surface area contributed by atoms with Crippen molar-refractivity contribution in [2.75, 3.05) is 0 Å². The van der Waals surface area contributed by atoms with Crippen LogP contribution in [0.3, 0.4) is 0 Å². The molecule has 0 aliphatic rings. The lowest BCUT2D eigenvalue weighted by atomic mass is 10.2. The molecular weight excluding hydrogens is 242 g/mol. The van der Waals surface area contributed by atoms with Gasteiger partial charge in [-0.15, -0.1) is 0 Å². The largest absolute Gasteiger partial charge is 0.481 e. The molecule has 17 heavy (non-hydrogen) atoms. The Labute approximate surface area is 103 Å². The van der Waals surface area contributed by atoms with Gasteiger partial charge in [0.2, 0.25) is 5.89 Å². The summed E-state index contributed by atoms with van der Waals surface area (Å²) in [6, 6.07) is 7.06. The summed E-state index contributed by atoms with van der Waals surface area (Å²) < 4.78 is 5.42. The molecule has 88 valence electrons. The highest BCUT2D eigenvalue weighted by molar-refractivity contribution is 6.30. The van der Waals surface area contributed by atoms with E-state index < -0.39 is 5.97 Å². The number of hydrogen-bond acceptors (Lipinski definition) is 3. The number of carbonyl (C=O) groups is 1. The number of halogens is 1. The molecule has 0 spiro atoms. The SMILES string of the molecule is Cc1nc(-c2cccc(Cl)c2)oc1CC(=O)O. The fourth-order valence-electron chi connectivity index (χ4n) is 1.47. The summed E-state index contributed by atoms with van der Waals surface area (Å²) in [6.07, 6.45) is -0.167. The van der Waals surface area contributed by atoms with E-state index in [4.69, 9.17) is 21.1 Å². The average Bonchev–Trinajstić information content (AvgIpc) is 2.59. The molecule has 4 nitrogen and oxygen atoms in total. The van der Waals surface area contributed by atoms with Gasteiger partial charge in [-0.1, -0.05) is 17.7 Å². The third-order valence-corrected chi connectivity index (χ3v) is 2.51. The van der Waals surface area contributed by atoms with Crippen LogP contribution in [0.4, 0.5) is 0 Å². The van der Waals surface area contributed by atoms with Crippen molar-refractivity contribution in [3.63, 3.8) is 0 Å². The smallest absolute Gasteiger partial charge is 0.311 e. The molecule has 0 aliphatic heterocycles. The van der Waals surface area contributed by atoms with Crippen LogP contribution in [0.2, 0.25) is 5.02 Å². The predicted octanol–water partition coefficient (Wildman–Crippen LogP) is 2.93. The van der Waals surface area contributed by atoms with Crippen LogP contribution in [-0.4, -0.2) is 16.1 Å². The molecule has 0 saturated heterocycles. The van der Waals surface area contributed by atoms with E-state index in [1.165, 1.54) is 0 Å². The number of carboxylic acid groups (broad SMARTS) is 1. The minimum absolute atomic E-state index is 0.167. The van der Waals surface area contributed by atoms with Gasteiger partial charge in [-0.3, -0.25) is 4.79 Å². The Morgan fingerprint density at radius 1 is 1.53 bits per heavy atom. The van der Waals surface area contributed by atoms with E-state index in [9.17, 15) is 4.79 Å². The highest BCUT2D eigenvalue weighted by atomic mass is 35.5. The van der Waals surface area contributed by atoms with Crippen molar-refractivity contribution >= 4 is 17.6 Å². The highest BCUT2D eigenvalue weighted by Gasteiger charge is 2.14. The molecular formula is C12H10ClNO3. The van der Waals surface area contributed by atoms with E-state index in [0.29, 0.717) is 22.4 Å². The van der Waals surface area contributed by atoms with Crippen molar-refractivity contribution < 1.29 is 14.3 Å². The summed E-state index contributed by atoms with van der Waals surface area (Å²) >= 11 is 5.86. The minimum Gasteiger partial charge on any atom is -0.481 e. The summed E-state index contributed by atoms with van der Waals surface area (Å²) in [5.41, 5.74) is 1.32. The fourth-order valence-corrected chi connectivity index (χ4v) is 1.66. The molecule has 0 radical (unpaired) electrons. The summed E-state index contributed by atoms with van der Waals surface area (Å²) in [7, 11) is 0. The highest BCUT2D eigenvalue weighted by Crippen LogP contribution is 2.24. The predicted molar refractivity (Wildman–Crippen MR) is 63.0 cm³/mol. The molecule has 5 heteroatoms.